The van der Waals surface area contributed by atoms with E-state index in [2.05, 4.69) is 0 Å². The Kier molecular flexibility index (Phi) is 3.39. The van der Waals surface area contributed by atoms with Gasteiger partial charge in [0, 0.05) is 17.2 Å². The number of carboxylic acids is 1. The Hall–Kier alpha value is -3.08. The molecule has 0 saturated heterocycles. The molecule has 0 atom stereocenters. The van der Waals surface area contributed by atoms with Crippen molar-refractivity contribution >= 4 is 16.9 Å². The van der Waals surface area contributed by atoms with Gasteiger partial charge in [0.05, 0.1) is 6.42 Å². The number of fused-ring (bicyclic) bond motifs is 1. The molecule has 22 heavy (non-hydrogen) atoms. The summed E-state index contributed by atoms with van der Waals surface area (Å²) in [5.41, 5.74) is 0.736. The Morgan fingerprint density at radius 1 is 1.09 bits per heavy atom. The highest BCUT2D eigenvalue weighted by atomic mass is 16.4. The molecule has 2 aromatic carbocycles. The lowest BCUT2D eigenvalue weighted by Gasteiger charge is -2.08. The molecule has 1 aromatic heterocycles. The second-order valence-electron chi connectivity index (χ2n) is 4.86. The van der Waals surface area contributed by atoms with E-state index < -0.39 is 11.4 Å². The molecule has 0 fully saturated rings. The maximum atomic E-state index is 12.3. The number of benzene rings is 2. The SMILES string of the molecule is O=C(O)Cc1ccc(O)c2c(=O)cc(-c3ccccc3)oc12. The van der Waals surface area contributed by atoms with Gasteiger partial charge in [0.15, 0.2) is 5.43 Å². The molecule has 5 heteroatoms. The Balaban J connectivity index is 2.32. The van der Waals surface area contributed by atoms with Gasteiger partial charge in [0.25, 0.3) is 0 Å². The predicted octanol–water partition coefficient (Wildman–Crippen LogP) is 2.79. The molecule has 0 spiro atoms. The Labute approximate surface area is 125 Å². The lowest BCUT2D eigenvalue weighted by molar-refractivity contribution is -0.136. The van der Waals surface area contributed by atoms with Crippen LogP contribution < -0.4 is 5.43 Å². The quantitative estimate of drug-likeness (QED) is 0.776. The van der Waals surface area contributed by atoms with Crippen LogP contribution in [0.5, 0.6) is 5.75 Å². The first-order valence-electron chi connectivity index (χ1n) is 6.62. The van der Waals surface area contributed by atoms with Crippen LogP contribution in [0.25, 0.3) is 22.3 Å². The first-order chi connectivity index (χ1) is 10.6. The van der Waals surface area contributed by atoms with Crippen LogP contribution in [0, 0.1) is 0 Å². The van der Waals surface area contributed by atoms with Gasteiger partial charge in [-0.05, 0) is 6.07 Å². The average Bonchev–Trinajstić information content (AvgIpc) is 2.50. The fourth-order valence-corrected chi connectivity index (χ4v) is 2.35. The van der Waals surface area contributed by atoms with Crippen molar-refractivity contribution in [3.63, 3.8) is 0 Å². The van der Waals surface area contributed by atoms with E-state index in [4.69, 9.17) is 9.52 Å². The Morgan fingerprint density at radius 3 is 2.50 bits per heavy atom. The molecule has 1 heterocycles. The summed E-state index contributed by atoms with van der Waals surface area (Å²) in [7, 11) is 0. The van der Waals surface area contributed by atoms with Crippen molar-refractivity contribution in [1.82, 2.24) is 0 Å². The van der Waals surface area contributed by atoms with Crippen molar-refractivity contribution in [2.24, 2.45) is 0 Å². The van der Waals surface area contributed by atoms with Crippen LogP contribution in [0.1, 0.15) is 5.56 Å². The summed E-state index contributed by atoms with van der Waals surface area (Å²) in [6.07, 6.45) is -0.294. The number of carbonyl (C=O) groups is 1. The van der Waals surface area contributed by atoms with Gasteiger partial charge in [-0.2, -0.15) is 0 Å². The first-order valence-corrected chi connectivity index (χ1v) is 6.62. The standard InChI is InChI=1S/C17H12O5/c18-12-7-6-11(8-15(20)21)17-16(12)13(19)9-14(22-17)10-4-2-1-3-5-10/h1-7,9,18H,8H2,(H,20,21). The van der Waals surface area contributed by atoms with Gasteiger partial charge in [-0.25, -0.2) is 0 Å². The number of rotatable bonds is 3. The summed E-state index contributed by atoms with van der Waals surface area (Å²) in [5, 5.41) is 18.8. The van der Waals surface area contributed by atoms with E-state index in [1.807, 2.05) is 6.07 Å². The molecule has 2 N–H and O–H groups in total. The highest BCUT2D eigenvalue weighted by Crippen LogP contribution is 2.29. The van der Waals surface area contributed by atoms with Crippen LogP contribution in [0.4, 0.5) is 0 Å². The molecule has 0 amide bonds. The van der Waals surface area contributed by atoms with Crippen molar-refractivity contribution < 1.29 is 19.4 Å². The van der Waals surface area contributed by atoms with Crippen molar-refractivity contribution in [2.75, 3.05) is 0 Å². The predicted molar refractivity (Wildman–Crippen MR) is 80.9 cm³/mol. The number of aliphatic carboxylic acids is 1. The molecule has 0 saturated carbocycles. The van der Waals surface area contributed by atoms with E-state index in [1.54, 1.807) is 24.3 Å². The number of hydrogen-bond acceptors (Lipinski definition) is 4. The molecule has 0 aliphatic carbocycles. The highest BCUT2D eigenvalue weighted by Gasteiger charge is 2.15. The normalized spacial score (nSPS) is 10.7. The molecule has 0 unspecified atom stereocenters. The molecule has 0 aliphatic rings. The summed E-state index contributed by atoms with van der Waals surface area (Å²) >= 11 is 0. The smallest absolute Gasteiger partial charge is 0.307 e. The second kappa shape index (κ2) is 5.37. The van der Waals surface area contributed by atoms with Gasteiger partial charge in [-0.15, -0.1) is 0 Å². The van der Waals surface area contributed by atoms with Gasteiger partial charge in [-0.1, -0.05) is 36.4 Å². The van der Waals surface area contributed by atoms with Crippen LogP contribution in [0.2, 0.25) is 0 Å². The molecular weight excluding hydrogens is 284 g/mol. The molecule has 3 rings (SSSR count). The van der Waals surface area contributed by atoms with Crippen LogP contribution in [-0.4, -0.2) is 16.2 Å². The summed E-state index contributed by atoms with van der Waals surface area (Å²) in [6, 6.07) is 13.1. The first kappa shape index (κ1) is 13.9. The third kappa shape index (κ3) is 2.44. The van der Waals surface area contributed by atoms with E-state index in [9.17, 15) is 14.7 Å². The van der Waals surface area contributed by atoms with Crippen molar-refractivity contribution in [3.05, 3.63) is 64.3 Å². The van der Waals surface area contributed by atoms with E-state index in [-0.39, 0.29) is 23.1 Å². The number of phenolic OH excluding ortho intramolecular Hbond substituents is 1. The number of hydrogen-bond donors (Lipinski definition) is 2. The molecule has 110 valence electrons. The second-order valence-corrected chi connectivity index (χ2v) is 4.86. The minimum absolute atomic E-state index is 0.00145. The maximum absolute atomic E-state index is 12.3. The summed E-state index contributed by atoms with van der Waals surface area (Å²) in [6.45, 7) is 0. The fourth-order valence-electron chi connectivity index (χ4n) is 2.35. The lowest BCUT2D eigenvalue weighted by atomic mass is 10.1. The fraction of sp³-hybridized carbons (Fsp3) is 0.0588. The van der Waals surface area contributed by atoms with Gasteiger partial charge < -0.3 is 14.6 Å². The van der Waals surface area contributed by atoms with Crippen LogP contribution in [-0.2, 0) is 11.2 Å². The minimum Gasteiger partial charge on any atom is -0.507 e. The highest BCUT2D eigenvalue weighted by molar-refractivity contribution is 5.89. The van der Waals surface area contributed by atoms with E-state index in [0.29, 0.717) is 16.9 Å². The molecule has 0 bridgehead atoms. The van der Waals surface area contributed by atoms with Gasteiger partial charge in [0.2, 0.25) is 0 Å². The summed E-state index contributed by atoms with van der Waals surface area (Å²) in [4.78, 5) is 23.2. The van der Waals surface area contributed by atoms with Gasteiger partial charge in [-0.3, -0.25) is 9.59 Å². The third-order valence-corrected chi connectivity index (χ3v) is 3.34. The van der Waals surface area contributed by atoms with Gasteiger partial charge >= 0.3 is 5.97 Å². The van der Waals surface area contributed by atoms with Gasteiger partial charge in [0.1, 0.15) is 22.5 Å². The monoisotopic (exact) mass is 296 g/mol. The maximum Gasteiger partial charge on any atom is 0.307 e. The summed E-state index contributed by atoms with van der Waals surface area (Å²) in [5.74, 6) is -0.937. The van der Waals surface area contributed by atoms with Crippen LogP contribution in [0.15, 0.2) is 57.7 Å². The average molecular weight is 296 g/mol. The lowest BCUT2D eigenvalue weighted by Crippen LogP contribution is -2.05. The van der Waals surface area contributed by atoms with Crippen molar-refractivity contribution in [3.8, 4) is 17.1 Å². The topological polar surface area (TPSA) is 87.7 Å². The molecule has 0 aliphatic heterocycles. The van der Waals surface area contributed by atoms with E-state index >= 15 is 0 Å². The van der Waals surface area contributed by atoms with Crippen LogP contribution in [0.3, 0.4) is 0 Å². The van der Waals surface area contributed by atoms with E-state index in [1.165, 1.54) is 18.2 Å². The minimum atomic E-state index is -1.04. The van der Waals surface area contributed by atoms with Crippen LogP contribution >= 0.6 is 0 Å². The molecule has 3 aromatic rings. The molecule has 0 radical (unpaired) electrons. The zero-order valence-corrected chi connectivity index (χ0v) is 11.4. The Morgan fingerprint density at radius 2 is 1.82 bits per heavy atom. The zero-order chi connectivity index (χ0) is 15.7. The number of phenols is 1. The van der Waals surface area contributed by atoms with E-state index in [0.717, 1.165) is 0 Å². The van der Waals surface area contributed by atoms with Crippen molar-refractivity contribution in [1.29, 1.82) is 0 Å². The zero-order valence-electron chi connectivity index (χ0n) is 11.4. The molecular formula is C17H12O5. The number of aromatic hydroxyl groups is 1. The summed E-state index contributed by atoms with van der Waals surface area (Å²) < 4.78 is 5.72. The third-order valence-electron chi connectivity index (χ3n) is 3.34. The Bertz CT molecular complexity index is 909. The largest absolute Gasteiger partial charge is 0.507 e. The molecule has 5 nitrogen and oxygen atoms in total. The number of carboxylic acid groups (broad SMARTS) is 1. The van der Waals surface area contributed by atoms with Crippen molar-refractivity contribution in [2.45, 2.75) is 6.42 Å².